The first kappa shape index (κ1) is 18.3. The zero-order valence-corrected chi connectivity index (χ0v) is 14.4. The maximum atomic E-state index is 12.1. The van der Waals surface area contributed by atoms with Crippen LogP contribution >= 0.6 is 12.2 Å². The first-order valence-corrected chi connectivity index (χ1v) is 8.19. The number of hydrogen-bond acceptors (Lipinski definition) is 4. The molecule has 0 spiro atoms. The van der Waals surface area contributed by atoms with Crippen LogP contribution in [0.3, 0.4) is 0 Å². The van der Waals surface area contributed by atoms with Gasteiger partial charge in [0.2, 0.25) is 5.91 Å². The Hall–Kier alpha value is -3.04. The minimum Gasteiger partial charge on any atom is -0.344 e. The van der Waals surface area contributed by atoms with Gasteiger partial charge in [-0.3, -0.25) is 15.1 Å². The lowest BCUT2D eigenvalue weighted by atomic mass is 10.2. The van der Waals surface area contributed by atoms with Crippen molar-refractivity contribution in [2.24, 2.45) is 0 Å². The summed E-state index contributed by atoms with van der Waals surface area (Å²) in [6.45, 7) is 0.921. The third-order valence-electron chi connectivity index (χ3n) is 3.33. The fourth-order valence-electron chi connectivity index (χ4n) is 2.11. The minimum atomic E-state index is -0.304. The molecule has 0 radical (unpaired) electrons. The Morgan fingerprint density at radius 3 is 2.76 bits per heavy atom. The molecule has 6 heteroatoms. The Balaban J connectivity index is 1.97. The van der Waals surface area contributed by atoms with Crippen LogP contribution in [0.4, 0.5) is 0 Å². The van der Waals surface area contributed by atoms with E-state index >= 15 is 0 Å². The molecule has 0 aliphatic heterocycles. The van der Waals surface area contributed by atoms with E-state index in [9.17, 15) is 4.79 Å². The van der Waals surface area contributed by atoms with Crippen LogP contribution in [0.25, 0.3) is 6.08 Å². The fourth-order valence-corrected chi connectivity index (χ4v) is 2.37. The topological polar surface area (TPSA) is 69.0 Å². The molecular weight excluding hydrogens is 332 g/mol. The smallest absolute Gasteiger partial charge is 0.250 e. The van der Waals surface area contributed by atoms with Crippen molar-refractivity contribution in [3.8, 4) is 6.07 Å². The maximum absolute atomic E-state index is 12.1. The molecule has 2 rings (SSSR count). The molecule has 5 nitrogen and oxygen atoms in total. The van der Waals surface area contributed by atoms with E-state index < -0.39 is 0 Å². The van der Waals surface area contributed by atoms with E-state index in [-0.39, 0.29) is 5.91 Å². The Morgan fingerprint density at radius 1 is 1.28 bits per heavy atom. The molecule has 0 saturated heterocycles. The molecule has 1 N–H and O–H groups in total. The average molecular weight is 350 g/mol. The molecule has 1 aromatic carbocycles. The van der Waals surface area contributed by atoms with Crippen molar-refractivity contribution in [1.29, 1.82) is 5.26 Å². The van der Waals surface area contributed by atoms with Crippen LogP contribution in [-0.4, -0.2) is 27.4 Å². The van der Waals surface area contributed by atoms with Gasteiger partial charge in [0.15, 0.2) is 5.11 Å². The predicted molar refractivity (Wildman–Crippen MR) is 101 cm³/mol. The Kier molecular flexibility index (Phi) is 7.29. The monoisotopic (exact) mass is 350 g/mol. The van der Waals surface area contributed by atoms with Gasteiger partial charge in [-0.25, -0.2) is 0 Å². The van der Waals surface area contributed by atoms with Gasteiger partial charge in [0, 0.05) is 31.6 Å². The summed E-state index contributed by atoms with van der Waals surface area (Å²) in [6, 6.07) is 15.4. The van der Waals surface area contributed by atoms with Gasteiger partial charge < -0.3 is 4.90 Å². The van der Waals surface area contributed by atoms with Crippen molar-refractivity contribution in [2.75, 3.05) is 6.54 Å². The van der Waals surface area contributed by atoms with Gasteiger partial charge >= 0.3 is 0 Å². The van der Waals surface area contributed by atoms with Crippen molar-refractivity contribution < 1.29 is 4.79 Å². The van der Waals surface area contributed by atoms with Crippen molar-refractivity contribution in [3.63, 3.8) is 0 Å². The number of thiocarbonyl (C=S) groups is 1. The molecular formula is C19H18N4OS. The minimum absolute atomic E-state index is 0.293. The lowest BCUT2D eigenvalue weighted by molar-refractivity contribution is -0.115. The molecule has 0 bridgehead atoms. The first-order chi connectivity index (χ1) is 12.2. The number of pyridine rings is 1. The van der Waals surface area contributed by atoms with E-state index in [2.05, 4.69) is 16.4 Å². The first-order valence-electron chi connectivity index (χ1n) is 7.78. The molecule has 0 atom stereocenters. The molecule has 126 valence electrons. The molecule has 2 aromatic rings. The number of rotatable bonds is 6. The van der Waals surface area contributed by atoms with Gasteiger partial charge in [0.25, 0.3) is 0 Å². The third kappa shape index (κ3) is 6.53. The average Bonchev–Trinajstić information content (AvgIpc) is 2.65. The molecule has 0 aliphatic carbocycles. The van der Waals surface area contributed by atoms with Gasteiger partial charge in [0.05, 0.1) is 12.5 Å². The standard InChI is InChI=1S/C19H18N4OS/c20-11-5-13-23(15-17-8-4-12-21-14-17)19(25)22-18(24)10-9-16-6-2-1-3-7-16/h1-4,6-10,12,14H,5,13,15H2,(H,22,24,25). The summed E-state index contributed by atoms with van der Waals surface area (Å²) < 4.78 is 0. The van der Waals surface area contributed by atoms with Crippen LogP contribution < -0.4 is 5.32 Å². The lowest BCUT2D eigenvalue weighted by Gasteiger charge is -2.24. The molecule has 25 heavy (non-hydrogen) atoms. The number of aromatic nitrogens is 1. The quantitative estimate of drug-likeness (QED) is 0.641. The summed E-state index contributed by atoms with van der Waals surface area (Å²) in [6.07, 6.45) is 6.90. The van der Waals surface area contributed by atoms with Crippen LogP contribution in [0.5, 0.6) is 0 Å². The van der Waals surface area contributed by atoms with Crippen LogP contribution in [-0.2, 0) is 11.3 Å². The largest absolute Gasteiger partial charge is 0.344 e. The Bertz CT molecular complexity index is 769. The van der Waals surface area contributed by atoms with E-state index in [1.54, 1.807) is 23.4 Å². The summed E-state index contributed by atoms with van der Waals surface area (Å²) in [7, 11) is 0. The number of nitriles is 1. The number of hydrogen-bond donors (Lipinski definition) is 1. The fraction of sp³-hybridized carbons (Fsp3) is 0.158. The second-order valence-electron chi connectivity index (χ2n) is 5.23. The van der Waals surface area contributed by atoms with Gasteiger partial charge in [-0.2, -0.15) is 5.26 Å². The number of carbonyl (C=O) groups excluding carboxylic acids is 1. The van der Waals surface area contributed by atoms with Crippen molar-refractivity contribution >= 4 is 29.3 Å². The Labute approximate surface area is 152 Å². The van der Waals surface area contributed by atoms with Crippen molar-refractivity contribution in [2.45, 2.75) is 13.0 Å². The third-order valence-corrected chi connectivity index (χ3v) is 3.69. The predicted octanol–water partition coefficient (Wildman–Crippen LogP) is 2.91. The number of carbonyl (C=O) groups is 1. The molecule has 0 unspecified atom stereocenters. The van der Waals surface area contributed by atoms with E-state index in [4.69, 9.17) is 17.5 Å². The summed E-state index contributed by atoms with van der Waals surface area (Å²) in [4.78, 5) is 17.9. The number of nitrogens with zero attached hydrogens (tertiary/aromatic N) is 3. The second kappa shape index (κ2) is 9.96. The van der Waals surface area contributed by atoms with E-state index in [1.165, 1.54) is 6.08 Å². The SMILES string of the molecule is N#CCCN(Cc1cccnc1)C(=S)NC(=O)C=Cc1ccccc1. The second-order valence-corrected chi connectivity index (χ2v) is 5.62. The van der Waals surface area contributed by atoms with Gasteiger partial charge in [-0.15, -0.1) is 0 Å². The highest BCUT2D eigenvalue weighted by Gasteiger charge is 2.12. The van der Waals surface area contributed by atoms with Crippen LogP contribution in [0, 0.1) is 11.3 Å². The van der Waals surface area contributed by atoms with Crippen molar-refractivity contribution in [3.05, 3.63) is 72.1 Å². The summed E-state index contributed by atoms with van der Waals surface area (Å²) in [5, 5.41) is 11.8. The van der Waals surface area contributed by atoms with Gasteiger partial charge in [-0.1, -0.05) is 36.4 Å². The normalized spacial score (nSPS) is 10.2. The van der Waals surface area contributed by atoms with Crippen molar-refractivity contribution in [1.82, 2.24) is 15.2 Å². The highest BCUT2D eigenvalue weighted by atomic mass is 32.1. The zero-order chi connectivity index (χ0) is 17.9. The van der Waals surface area contributed by atoms with E-state index in [1.807, 2.05) is 42.5 Å². The molecule has 1 aromatic heterocycles. The van der Waals surface area contributed by atoms with Gasteiger partial charge in [0.1, 0.15) is 0 Å². The maximum Gasteiger partial charge on any atom is 0.250 e. The zero-order valence-electron chi connectivity index (χ0n) is 13.6. The molecule has 1 amide bonds. The summed E-state index contributed by atoms with van der Waals surface area (Å²) >= 11 is 5.33. The Morgan fingerprint density at radius 2 is 2.08 bits per heavy atom. The molecule has 0 saturated carbocycles. The van der Waals surface area contributed by atoms with Crippen LogP contribution in [0.1, 0.15) is 17.5 Å². The molecule has 1 heterocycles. The number of amides is 1. The van der Waals surface area contributed by atoms with Gasteiger partial charge in [-0.05, 0) is 35.5 Å². The van der Waals surface area contributed by atoms with Crippen LogP contribution in [0.15, 0.2) is 60.9 Å². The van der Waals surface area contributed by atoms with E-state index in [0.29, 0.717) is 24.6 Å². The number of benzene rings is 1. The molecule has 0 aliphatic rings. The van der Waals surface area contributed by atoms with Crippen LogP contribution in [0.2, 0.25) is 0 Å². The lowest BCUT2D eigenvalue weighted by Crippen LogP contribution is -2.42. The molecule has 0 fully saturated rings. The number of nitrogens with one attached hydrogen (secondary N) is 1. The summed E-state index contributed by atoms with van der Waals surface area (Å²) in [5.41, 5.74) is 1.89. The highest BCUT2D eigenvalue weighted by Crippen LogP contribution is 2.05. The summed E-state index contributed by atoms with van der Waals surface area (Å²) in [5.74, 6) is -0.304. The highest BCUT2D eigenvalue weighted by molar-refractivity contribution is 7.80. The van der Waals surface area contributed by atoms with E-state index in [0.717, 1.165) is 11.1 Å².